The van der Waals surface area contributed by atoms with Crippen LogP contribution < -0.4 is 5.73 Å². The van der Waals surface area contributed by atoms with E-state index in [2.05, 4.69) is 0 Å². The first-order chi connectivity index (χ1) is 9.99. The average Bonchev–Trinajstić information content (AvgIpc) is 2.41. The molecule has 2 rings (SSSR count). The summed E-state index contributed by atoms with van der Waals surface area (Å²) in [5, 5.41) is 12.0. The molecule has 1 fully saturated rings. The van der Waals surface area contributed by atoms with Crippen LogP contribution in [0.3, 0.4) is 0 Å². The summed E-state index contributed by atoms with van der Waals surface area (Å²) >= 11 is 5.94. The molecule has 0 spiro atoms. The average molecular weight is 310 g/mol. The quantitative estimate of drug-likeness (QED) is 0.870. The number of aliphatic hydroxyl groups is 1. The molecule has 0 heterocycles. The van der Waals surface area contributed by atoms with Gasteiger partial charge in [-0.05, 0) is 37.5 Å². The maximum Gasteiger partial charge on any atom is 0.0727 e. The van der Waals surface area contributed by atoms with Crippen LogP contribution in [0.1, 0.15) is 57.4 Å². The van der Waals surface area contributed by atoms with E-state index < -0.39 is 5.60 Å². The van der Waals surface area contributed by atoms with Crippen molar-refractivity contribution in [2.45, 2.75) is 63.9 Å². The maximum absolute atomic E-state index is 11.2. The van der Waals surface area contributed by atoms with E-state index in [1.165, 1.54) is 32.1 Å². The van der Waals surface area contributed by atoms with Gasteiger partial charge in [0.25, 0.3) is 0 Å². The highest BCUT2D eigenvalue weighted by atomic mass is 35.5. The van der Waals surface area contributed by atoms with Gasteiger partial charge in [0.15, 0.2) is 0 Å². The summed E-state index contributed by atoms with van der Waals surface area (Å²) in [5.74, 6) is 0. The molecule has 3 N–H and O–H groups in total. The second kappa shape index (κ2) is 7.13. The molecule has 0 aliphatic heterocycles. The second-order valence-corrected chi connectivity index (χ2v) is 7.27. The Hall–Kier alpha value is -0.570. The van der Waals surface area contributed by atoms with E-state index in [1.807, 2.05) is 31.2 Å². The zero-order chi connectivity index (χ0) is 15.3. The summed E-state index contributed by atoms with van der Waals surface area (Å²) in [6.45, 7) is 2.53. The van der Waals surface area contributed by atoms with E-state index in [4.69, 9.17) is 17.3 Å². The van der Waals surface area contributed by atoms with Gasteiger partial charge in [-0.15, -0.1) is 0 Å². The summed E-state index contributed by atoms with van der Waals surface area (Å²) in [6.07, 6.45) is 8.90. The Bertz CT molecular complexity index is 433. The van der Waals surface area contributed by atoms with Gasteiger partial charge in [-0.1, -0.05) is 55.8 Å². The monoisotopic (exact) mass is 309 g/mol. The molecule has 2 nitrogen and oxygen atoms in total. The highest BCUT2D eigenvalue weighted by molar-refractivity contribution is 6.30. The third-order valence-corrected chi connectivity index (χ3v) is 5.56. The van der Waals surface area contributed by atoms with Crippen molar-refractivity contribution in [1.29, 1.82) is 0 Å². The van der Waals surface area contributed by atoms with Gasteiger partial charge in [-0.2, -0.15) is 0 Å². The van der Waals surface area contributed by atoms with E-state index >= 15 is 0 Å². The molecule has 21 heavy (non-hydrogen) atoms. The molecule has 1 aromatic carbocycles. The molecule has 1 unspecified atom stereocenters. The van der Waals surface area contributed by atoms with Crippen LogP contribution in [0.25, 0.3) is 0 Å². The van der Waals surface area contributed by atoms with Crippen LogP contribution in [0.2, 0.25) is 5.02 Å². The number of hydrogen-bond acceptors (Lipinski definition) is 2. The van der Waals surface area contributed by atoms with Gasteiger partial charge in [-0.25, -0.2) is 0 Å². The van der Waals surface area contributed by atoms with Crippen molar-refractivity contribution in [3.05, 3.63) is 34.9 Å². The molecule has 1 saturated carbocycles. The first-order valence-electron chi connectivity index (χ1n) is 8.16. The molecule has 0 aromatic heterocycles. The minimum atomic E-state index is -0.771. The van der Waals surface area contributed by atoms with Crippen LogP contribution in [-0.4, -0.2) is 17.3 Å². The Morgan fingerprint density at radius 3 is 2.14 bits per heavy atom. The fraction of sp³-hybridized carbons (Fsp3) is 0.667. The van der Waals surface area contributed by atoms with E-state index in [1.54, 1.807) is 0 Å². The van der Waals surface area contributed by atoms with Crippen molar-refractivity contribution in [2.75, 3.05) is 6.54 Å². The topological polar surface area (TPSA) is 46.2 Å². The molecular weight excluding hydrogens is 282 g/mol. The zero-order valence-corrected chi connectivity index (χ0v) is 13.8. The summed E-state index contributed by atoms with van der Waals surface area (Å²) in [5.41, 5.74) is 6.34. The molecule has 118 valence electrons. The summed E-state index contributed by atoms with van der Waals surface area (Å²) < 4.78 is 0. The molecule has 0 saturated heterocycles. The molecule has 3 heteroatoms. The summed E-state index contributed by atoms with van der Waals surface area (Å²) in [4.78, 5) is 0. The van der Waals surface area contributed by atoms with Crippen molar-refractivity contribution in [3.63, 3.8) is 0 Å². The molecule has 1 aliphatic carbocycles. The van der Waals surface area contributed by atoms with Gasteiger partial charge in [0.1, 0.15) is 0 Å². The third kappa shape index (κ3) is 4.00. The van der Waals surface area contributed by atoms with Crippen LogP contribution >= 0.6 is 11.6 Å². The fourth-order valence-electron chi connectivity index (χ4n) is 3.73. The van der Waals surface area contributed by atoms with E-state index in [9.17, 15) is 5.11 Å². The van der Waals surface area contributed by atoms with Crippen LogP contribution in [0.15, 0.2) is 24.3 Å². The molecule has 0 amide bonds. The number of hydrogen-bond donors (Lipinski definition) is 2. The Kier molecular flexibility index (Phi) is 5.70. The molecule has 1 atom stereocenters. The lowest BCUT2D eigenvalue weighted by molar-refractivity contribution is -0.0794. The van der Waals surface area contributed by atoms with Gasteiger partial charge in [-0.3, -0.25) is 0 Å². The van der Waals surface area contributed by atoms with Gasteiger partial charge >= 0.3 is 0 Å². The fourth-order valence-corrected chi connectivity index (χ4v) is 3.86. The van der Waals surface area contributed by atoms with E-state index in [0.717, 1.165) is 23.4 Å². The smallest absolute Gasteiger partial charge is 0.0727 e. The first kappa shape index (κ1) is 16.8. The minimum absolute atomic E-state index is 0.160. The number of benzene rings is 1. The molecule has 0 radical (unpaired) electrons. The lowest BCUT2D eigenvalue weighted by Crippen LogP contribution is -2.52. The predicted octanol–water partition coefficient (Wildman–Crippen LogP) is 4.32. The number of nitrogens with two attached hydrogens (primary N) is 1. The Labute approximate surface area is 133 Å². The van der Waals surface area contributed by atoms with Gasteiger partial charge in [0, 0.05) is 23.4 Å². The third-order valence-electron chi connectivity index (χ3n) is 5.31. The van der Waals surface area contributed by atoms with E-state index in [-0.39, 0.29) is 5.41 Å². The lowest BCUT2D eigenvalue weighted by Gasteiger charge is -2.46. The van der Waals surface area contributed by atoms with E-state index in [0.29, 0.717) is 13.0 Å². The number of halogens is 1. The normalized spacial score (nSPS) is 22.1. The summed E-state index contributed by atoms with van der Waals surface area (Å²) in [7, 11) is 0. The van der Waals surface area contributed by atoms with Crippen molar-refractivity contribution < 1.29 is 5.11 Å². The van der Waals surface area contributed by atoms with Crippen LogP contribution in [-0.2, 0) is 6.42 Å². The van der Waals surface area contributed by atoms with Crippen molar-refractivity contribution in [2.24, 2.45) is 11.1 Å². The first-order valence-corrected chi connectivity index (χ1v) is 8.54. The lowest BCUT2D eigenvalue weighted by atomic mass is 9.63. The van der Waals surface area contributed by atoms with Crippen molar-refractivity contribution in [1.82, 2.24) is 0 Å². The predicted molar refractivity (Wildman–Crippen MR) is 89.6 cm³/mol. The molecule has 0 bridgehead atoms. The Morgan fingerprint density at radius 1 is 1.10 bits per heavy atom. The van der Waals surface area contributed by atoms with Gasteiger partial charge in [0.05, 0.1) is 5.60 Å². The van der Waals surface area contributed by atoms with Crippen molar-refractivity contribution >= 4 is 11.6 Å². The van der Waals surface area contributed by atoms with Gasteiger partial charge < -0.3 is 10.8 Å². The van der Waals surface area contributed by atoms with Crippen LogP contribution in [0.5, 0.6) is 0 Å². The standard InChI is InChI=1S/C18H28ClNO/c1-17(21,13-15-7-9-16(19)10-8-15)18(14-20)11-5-3-2-4-6-12-18/h7-10,21H,2-6,11-14,20H2,1H3. The highest BCUT2D eigenvalue weighted by Gasteiger charge is 2.45. The molecule has 1 aliphatic rings. The molecular formula is C18H28ClNO. The Morgan fingerprint density at radius 2 is 1.62 bits per heavy atom. The van der Waals surface area contributed by atoms with Crippen molar-refractivity contribution in [3.8, 4) is 0 Å². The largest absolute Gasteiger partial charge is 0.389 e. The van der Waals surface area contributed by atoms with Crippen LogP contribution in [0, 0.1) is 5.41 Å². The molecule has 1 aromatic rings. The zero-order valence-electron chi connectivity index (χ0n) is 13.1. The minimum Gasteiger partial charge on any atom is -0.389 e. The maximum atomic E-state index is 11.2. The second-order valence-electron chi connectivity index (χ2n) is 6.83. The Balaban J connectivity index is 2.18. The SMILES string of the molecule is CC(O)(Cc1ccc(Cl)cc1)C1(CN)CCCCCCC1. The van der Waals surface area contributed by atoms with Crippen LogP contribution in [0.4, 0.5) is 0 Å². The van der Waals surface area contributed by atoms with Gasteiger partial charge in [0.2, 0.25) is 0 Å². The number of rotatable bonds is 4. The highest BCUT2D eigenvalue weighted by Crippen LogP contribution is 2.44. The summed E-state index contributed by atoms with van der Waals surface area (Å²) in [6, 6.07) is 7.79.